The molecule has 0 atom stereocenters. The van der Waals surface area contributed by atoms with Crippen LogP contribution in [0.25, 0.3) is 0 Å². The average Bonchev–Trinajstić information content (AvgIpc) is 2.57. The lowest BCUT2D eigenvalue weighted by molar-refractivity contribution is -0.173. The summed E-state index contributed by atoms with van der Waals surface area (Å²) < 4.78 is 39.5. The van der Waals surface area contributed by atoms with Crippen molar-refractivity contribution in [3.8, 4) is 0 Å². The van der Waals surface area contributed by atoms with Gasteiger partial charge in [0.15, 0.2) is 5.69 Å². The van der Waals surface area contributed by atoms with Gasteiger partial charge in [0.1, 0.15) is 6.61 Å². The lowest BCUT2D eigenvalue weighted by Crippen LogP contribution is -2.29. The summed E-state index contributed by atoms with van der Waals surface area (Å²) in [5, 5.41) is 8.54. The second-order valence-electron chi connectivity index (χ2n) is 3.53. The molecule has 1 aromatic rings. The number of H-pyrrole nitrogens is 1. The van der Waals surface area contributed by atoms with Gasteiger partial charge < -0.3 is 15.8 Å². The molecule has 1 aromatic heterocycles. The first-order valence-corrected chi connectivity index (χ1v) is 5.04. The molecule has 0 saturated heterocycles. The number of carbonyl (C=O) groups excluding carboxylic acids is 1. The largest absolute Gasteiger partial charge is 0.411 e. The van der Waals surface area contributed by atoms with E-state index < -0.39 is 18.7 Å². The topological polar surface area (TPSA) is 93.0 Å². The summed E-state index contributed by atoms with van der Waals surface area (Å²) in [6.45, 7) is 0.00684. The molecule has 1 rings (SSSR count). The van der Waals surface area contributed by atoms with Crippen molar-refractivity contribution in [2.75, 3.05) is 25.5 Å². The van der Waals surface area contributed by atoms with E-state index in [1.165, 1.54) is 0 Å². The van der Waals surface area contributed by atoms with Gasteiger partial charge in [0.05, 0.1) is 18.0 Å². The highest BCUT2D eigenvalue weighted by Gasteiger charge is 2.27. The smallest absolute Gasteiger partial charge is 0.395 e. The molecule has 0 fully saturated rings. The molecule has 4 N–H and O–H groups in total. The molecular formula is C9H13F3N4O2. The maximum atomic E-state index is 11.7. The van der Waals surface area contributed by atoms with Crippen LogP contribution < -0.4 is 11.1 Å². The van der Waals surface area contributed by atoms with Crippen LogP contribution in [0.2, 0.25) is 0 Å². The van der Waals surface area contributed by atoms with E-state index in [1.54, 1.807) is 6.92 Å². The van der Waals surface area contributed by atoms with Crippen LogP contribution in [0.15, 0.2) is 0 Å². The molecule has 0 aliphatic heterocycles. The Morgan fingerprint density at radius 2 is 2.22 bits per heavy atom. The number of aryl methyl sites for hydroxylation is 1. The monoisotopic (exact) mass is 266 g/mol. The first-order chi connectivity index (χ1) is 8.31. The Hall–Kier alpha value is -1.77. The highest BCUT2D eigenvalue weighted by Crippen LogP contribution is 2.14. The molecule has 0 spiro atoms. The van der Waals surface area contributed by atoms with Crippen molar-refractivity contribution in [1.29, 1.82) is 0 Å². The molecule has 18 heavy (non-hydrogen) atoms. The van der Waals surface area contributed by atoms with Crippen LogP contribution in [0, 0.1) is 6.92 Å². The summed E-state index contributed by atoms with van der Waals surface area (Å²) in [5.74, 6) is -0.563. The van der Waals surface area contributed by atoms with E-state index in [0.717, 1.165) is 0 Å². The summed E-state index contributed by atoms with van der Waals surface area (Å²) >= 11 is 0. The predicted octanol–water partition coefficient (Wildman–Crippen LogP) is 0.609. The van der Waals surface area contributed by atoms with Gasteiger partial charge in [-0.25, -0.2) is 0 Å². The maximum absolute atomic E-state index is 11.7. The molecule has 0 aliphatic rings. The zero-order valence-corrected chi connectivity index (χ0v) is 9.60. The Morgan fingerprint density at radius 3 is 2.72 bits per heavy atom. The number of carbonyl (C=O) groups is 1. The number of halogens is 3. The van der Waals surface area contributed by atoms with Gasteiger partial charge in [0.25, 0.3) is 5.91 Å². The Morgan fingerprint density at radius 1 is 1.56 bits per heavy atom. The zero-order valence-electron chi connectivity index (χ0n) is 9.60. The predicted molar refractivity (Wildman–Crippen MR) is 56.9 cm³/mol. The summed E-state index contributed by atoms with van der Waals surface area (Å²) in [4.78, 5) is 11.5. The lowest BCUT2D eigenvalue weighted by atomic mass is 10.3. The van der Waals surface area contributed by atoms with Gasteiger partial charge >= 0.3 is 6.18 Å². The van der Waals surface area contributed by atoms with E-state index in [0.29, 0.717) is 5.69 Å². The van der Waals surface area contributed by atoms with Gasteiger partial charge in [0, 0.05) is 6.54 Å². The van der Waals surface area contributed by atoms with Crippen LogP contribution >= 0.6 is 0 Å². The SMILES string of the molecule is Cc1[nH]nc(C(=O)NCCOCC(F)(F)F)c1N. The number of aromatic nitrogens is 2. The summed E-state index contributed by atoms with van der Waals surface area (Å²) in [7, 11) is 0. The van der Waals surface area contributed by atoms with Crippen molar-refractivity contribution >= 4 is 11.6 Å². The van der Waals surface area contributed by atoms with Gasteiger partial charge in [-0.15, -0.1) is 0 Å². The number of alkyl halides is 3. The summed E-state index contributed by atoms with van der Waals surface area (Å²) in [6, 6.07) is 0. The lowest BCUT2D eigenvalue weighted by Gasteiger charge is -2.08. The standard InChI is InChI=1S/C9H13F3N4O2/c1-5-6(13)7(16-15-5)8(17)14-2-3-18-4-9(10,11)12/h2-4,13H2,1H3,(H,14,17)(H,15,16). The van der Waals surface area contributed by atoms with Crippen LogP contribution in [-0.4, -0.2) is 42.0 Å². The molecule has 0 bridgehead atoms. The van der Waals surface area contributed by atoms with Crippen molar-refractivity contribution < 1.29 is 22.7 Å². The van der Waals surface area contributed by atoms with Crippen LogP contribution in [0.5, 0.6) is 0 Å². The van der Waals surface area contributed by atoms with E-state index in [1.807, 2.05) is 0 Å². The first kappa shape index (κ1) is 14.3. The molecule has 0 aromatic carbocycles. The number of anilines is 1. The zero-order chi connectivity index (χ0) is 13.8. The molecule has 9 heteroatoms. The summed E-state index contributed by atoms with van der Waals surface area (Å²) in [5.41, 5.74) is 6.33. The number of ether oxygens (including phenoxy) is 1. The van der Waals surface area contributed by atoms with E-state index in [4.69, 9.17) is 5.73 Å². The molecule has 0 radical (unpaired) electrons. The van der Waals surface area contributed by atoms with Crippen molar-refractivity contribution in [1.82, 2.24) is 15.5 Å². The van der Waals surface area contributed by atoms with Crippen molar-refractivity contribution in [3.63, 3.8) is 0 Å². The van der Waals surface area contributed by atoms with Gasteiger partial charge in [-0.05, 0) is 6.92 Å². The van der Waals surface area contributed by atoms with Gasteiger partial charge in [-0.2, -0.15) is 18.3 Å². The number of nitrogens with one attached hydrogen (secondary N) is 2. The van der Waals surface area contributed by atoms with E-state index in [-0.39, 0.29) is 24.5 Å². The Kier molecular flexibility index (Phi) is 4.54. The number of nitrogens with zero attached hydrogens (tertiary/aromatic N) is 1. The number of amides is 1. The normalized spacial score (nSPS) is 11.6. The molecule has 102 valence electrons. The van der Waals surface area contributed by atoms with E-state index in [9.17, 15) is 18.0 Å². The number of nitrogens with two attached hydrogens (primary N) is 1. The Bertz CT molecular complexity index is 416. The highest BCUT2D eigenvalue weighted by atomic mass is 19.4. The maximum Gasteiger partial charge on any atom is 0.411 e. The van der Waals surface area contributed by atoms with Crippen LogP contribution in [0.4, 0.5) is 18.9 Å². The number of hydrogen-bond donors (Lipinski definition) is 3. The van der Waals surface area contributed by atoms with Gasteiger partial charge in [-0.1, -0.05) is 0 Å². The van der Waals surface area contributed by atoms with Crippen LogP contribution in [0.3, 0.4) is 0 Å². The van der Waals surface area contributed by atoms with Gasteiger partial charge in [-0.3, -0.25) is 9.89 Å². The molecule has 1 heterocycles. The fraction of sp³-hybridized carbons (Fsp3) is 0.556. The molecule has 1 amide bonds. The minimum atomic E-state index is -4.37. The molecular weight excluding hydrogens is 253 g/mol. The quantitative estimate of drug-likeness (QED) is 0.681. The number of nitrogen functional groups attached to an aromatic ring is 1. The van der Waals surface area contributed by atoms with Crippen molar-refractivity contribution in [2.24, 2.45) is 0 Å². The third-order valence-corrected chi connectivity index (χ3v) is 2.01. The second kappa shape index (κ2) is 5.71. The average molecular weight is 266 g/mol. The van der Waals surface area contributed by atoms with E-state index in [2.05, 4.69) is 20.3 Å². The Balaban J connectivity index is 2.28. The first-order valence-electron chi connectivity index (χ1n) is 5.04. The van der Waals surface area contributed by atoms with Gasteiger partial charge in [0.2, 0.25) is 0 Å². The minimum Gasteiger partial charge on any atom is -0.395 e. The molecule has 0 unspecified atom stereocenters. The van der Waals surface area contributed by atoms with Crippen molar-refractivity contribution in [3.05, 3.63) is 11.4 Å². The fourth-order valence-electron chi connectivity index (χ4n) is 1.12. The fourth-order valence-corrected chi connectivity index (χ4v) is 1.12. The van der Waals surface area contributed by atoms with Crippen LogP contribution in [-0.2, 0) is 4.74 Å². The third-order valence-electron chi connectivity index (χ3n) is 2.01. The Labute approximate surface area is 101 Å². The summed E-state index contributed by atoms with van der Waals surface area (Å²) in [6.07, 6.45) is -4.37. The number of rotatable bonds is 5. The third kappa shape index (κ3) is 4.24. The van der Waals surface area contributed by atoms with Crippen molar-refractivity contribution in [2.45, 2.75) is 13.1 Å². The second-order valence-corrected chi connectivity index (χ2v) is 3.53. The van der Waals surface area contributed by atoms with E-state index >= 15 is 0 Å². The highest BCUT2D eigenvalue weighted by molar-refractivity contribution is 5.97. The molecule has 0 aliphatic carbocycles. The number of hydrogen-bond acceptors (Lipinski definition) is 4. The number of aromatic amines is 1. The minimum absolute atomic E-state index is 0.0170. The molecule has 0 saturated carbocycles. The van der Waals surface area contributed by atoms with Crippen LogP contribution in [0.1, 0.15) is 16.2 Å². The molecule has 6 nitrogen and oxygen atoms in total.